The topological polar surface area (TPSA) is 54.8 Å². The Morgan fingerprint density at radius 2 is 1.81 bits per heavy atom. The summed E-state index contributed by atoms with van der Waals surface area (Å²) in [5.74, 6) is 0.328. The number of aryl methyl sites for hydroxylation is 1. The molecule has 6 heteroatoms. The van der Waals surface area contributed by atoms with Crippen molar-refractivity contribution in [2.24, 2.45) is 0 Å². The lowest BCUT2D eigenvalue weighted by molar-refractivity contribution is -0.133. The van der Waals surface area contributed by atoms with E-state index in [4.69, 9.17) is 4.74 Å². The van der Waals surface area contributed by atoms with Gasteiger partial charge in [-0.3, -0.25) is 14.5 Å². The van der Waals surface area contributed by atoms with Crippen molar-refractivity contribution in [1.29, 1.82) is 0 Å². The van der Waals surface area contributed by atoms with Crippen LogP contribution >= 0.6 is 0 Å². The third kappa shape index (κ3) is 4.32. The van der Waals surface area contributed by atoms with Crippen LogP contribution in [0.15, 0.2) is 47.4 Å². The van der Waals surface area contributed by atoms with Crippen LogP contribution < -0.4 is 10.2 Å². The Labute approximate surface area is 153 Å². The summed E-state index contributed by atoms with van der Waals surface area (Å²) < 4.78 is 6.85. The van der Waals surface area contributed by atoms with Crippen LogP contribution in [0.1, 0.15) is 11.3 Å². The second-order valence-corrected chi connectivity index (χ2v) is 6.62. The number of hydrogen-bond acceptors (Lipinski definition) is 4. The van der Waals surface area contributed by atoms with Crippen LogP contribution in [0.4, 0.5) is 0 Å². The summed E-state index contributed by atoms with van der Waals surface area (Å²) in [4.78, 5) is 28.7. The molecule has 1 saturated heterocycles. The molecule has 0 atom stereocenters. The first kappa shape index (κ1) is 18.2. The van der Waals surface area contributed by atoms with Gasteiger partial charge in [0.25, 0.3) is 0 Å². The monoisotopic (exact) mass is 355 g/mol. The van der Waals surface area contributed by atoms with E-state index in [1.54, 1.807) is 10.8 Å². The molecule has 6 nitrogen and oxygen atoms in total. The second kappa shape index (κ2) is 8.19. The van der Waals surface area contributed by atoms with Crippen molar-refractivity contribution in [3.05, 3.63) is 64.1 Å². The summed E-state index contributed by atoms with van der Waals surface area (Å²) in [6, 6.07) is 11.9. The maximum atomic E-state index is 12.6. The van der Waals surface area contributed by atoms with Crippen LogP contribution in [0.2, 0.25) is 0 Å². The fourth-order valence-corrected chi connectivity index (χ4v) is 3.22. The average molecular weight is 355 g/mol. The molecule has 0 unspecified atom stereocenters. The van der Waals surface area contributed by atoms with Gasteiger partial charge in [0, 0.05) is 44.5 Å². The SMILES string of the molecule is COc1cn(CC(=O)N2CCN(Cc3ccccc3)CC2)c(C)cc1=O. The number of rotatable bonds is 5. The molecule has 138 valence electrons. The maximum absolute atomic E-state index is 12.6. The Bertz CT molecular complexity index is 809. The molecule has 0 bridgehead atoms. The van der Waals surface area contributed by atoms with E-state index in [9.17, 15) is 9.59 Å². The third-order valence-electron chi connectivity index (χ3n) is 4.81. The molecule has 0 aliphatic carbocycles. The lowest BCUT2D eigenvalue weighted by Gasteiger charge is -2.35. The number of benzene rings is 1. The van der Waals surface area contributed by atoms with Crippen LogP contribution in [0.3, 0.4) is 0 Å². The van der Waals surface area contributed by atoms with Crippen LogP contribution in [0.25, 0.3) is 0 Å². The van der Waals surface area contributed by atoms with E-state index >= 15 is 0 Å². The lowest BCUT2D eigenvalue weighted by atomic mass is 10.2. The van der Waals surface area contributed by atoms with E-state index in [1.165, 1.54) is 18.7 Å². The van der Waals surface area contributed by atoms with Crippen LogP contribution in [0, 0.1) is 6.92 Å². The van der Waals surface area contributed by atoms with Crippen LogP contribution in [0.5, 0.6) is 5.75 Å². The first-order valence-corrected chi connectivity index (χ1v) is 8.86. The number of amides is 1. The molecule has 0 radical (unpaired) electrons. The molecule has 1 aromatic heterocycles. The summed E-state index contributed by atoms with van der Waals surface area (Å²) in [7, 11) is 1.46. The van der Waals surface area contributed by atoms with Crippen molar-refractivity contribution in [3.63, 3.8) is 0 Å². The van der Waals surface area contributed by atoms with Gasteiger partial charge in [-0.15, -0.1) is 0 Å². The lowest BCUT2D eigenvalue weighted by Crippen LogP contribution is -2.49. The highest BCUT2D eigenvalue weighted by Crippen LogP contribution is 2.10. The van der Waals surface area contributed by atoms with E-state index in [0.29, 0.717) is 0 Å². The molecule has 0 spiro atoms. The quantitative estimate of drug-likeness (QED) is 0.816. The van der Waals surface area contributed by atoms with E-state index in [2.05, 4.69) is 29.2 Å². The molecule has 2 heterocycles. The molecule has 1 aliphatic rings. The zero-order valence-electron chi connectivity index (χ0n) is 15.4. The van der Waals surface area contributed by atoms with Gasteiger partial charge < -0.3 is 14.2 Å². The van der Waals surface area contributed by atoms with Crippen molar-refractivity contribution in [2.45, 2.75) is 20.0 Å². The first-order valence-electron chi connectivity index (χ1n) is 8.86. The van der Waals surface area contributed by atoms with Crippen molar-refractivity contribution < 1.29 is 9.53 Å². The molecule has 26 heavy (non-hydrogen) atoms. The van der Waals surface area contributed by atoms with Crippen molar-refractivity contribution in [1.82, 2.24) is 14.4 Å². The van der Waals surface area contributed by atoms with Gasteiger partial charge in [0.1, 0.15) is 6.54 Å². The van der Waals surface area contributed by atoms with Gasteiger partial charge in [-0.1, -0.05) is 30.3 Å². The normalized spacial score (nSPS) is 15.1. The Morgan fingerprint density at radius 3 is 2.46 bits per heavy atom. The number of pyridine rings is 1. The summed E-state index contributed by atoms with van der Waals surface area (Å²) in [6.07, 6.45) is 1.61. The fraction of sp³-hybridized carbons (Fsp3) is 0.400. The molecule has 2 aromatic rings. The number of piperazine rings is 1. The number of aromatic nitrogens is 1. The molecule has 3 rings (SSSR count). The van der Waals surface area contributed by atoms with Crippen molar-refractivity contribution in [3.8, 4) is 5.75 Å². The van der Waals surface area contributed by atoms with Gasteiger partial charge in [-0.05, 0) is 12.5 Å². The minimum absolute atomic E-state index is 0.0677. The van der Waals surface area contributed by atoms with Crippen molar-refractivity contribution >= 4 is 5.91 Å². The van der Waals surface area contributed by atoms with Gasteiger partial charge in [-0.25, -0.2) is 0 Å². The molecule has 0 saturated carbocycles. The molecular formula is C20H25N3O3. The average Bonchev–Trinajstić information content (AvgIpc) is 2.65. The van der Waals surface area contributed by atoms with Crippen molar-refractivity contribution in [2.75, 3.05) is 33.3 Å². The maximum Gasteiger partial charge on any atom is 0.242 e. The fourth-order valence-electron chi connectivity index (χ4n) is 3.22. The number of hydrogen-bond donors (Lipinski definition) is 0. The van der Waals surface area contributed by atoms with E-state index < -0.39 is 0 Å². The van der Waals surface area contributed by atoms with Crippen LogP contribution in [-0.4, -0.2) is 53.6 Å². The molecule has 1 aliphatic heterocycles. The number of ether oxygens (including phenoxy) is 1. The van der Waals surface area contributed by atoms with E-state index in [-0.39, 0.29) is 23.6 Å². The first-order chi connectivity index (χ1) is 12.6. The Hall–Kier alpha value is -2.60. The number of carbonyl (C=O) groups is 1. The minimum Gasteiger partial charge on any atom is -0.491 e. The van der Waals surface area contributed by atoms with Gasteiger partial charge in [0.15, 0.2) is 5.75 Å². The highest BCUT2D eigenvalue weighted by molar-refractivity contribution is 5.76. The summed E-state index contributed by atoms with van der Waals surface area (Å²) >= 11 is 0. The summed E-state index contributed by atoms with van der Waals surface area (Å²) in [5, 5.41) is 0. The molecule has 1 aromatic carbocycles. The Morgan fingerprint density at radius 1 is 1.12 bits per heavy atom. The Balaban J connectivity index is 1.56. The van der Waals surface area contributed by atoms with Gasteiger partial charge in [-0.2, -0.15) is 0 Å². The van der Waals surface area contributed by atoms with Gasteiger partial charge in [0.05, 0.1) is 13.3 Å². The smallest absolute Gasteiger partial charge is 0.242 e. The molecule has 1 fully saturated rings. The summed E-state index contributed by atoms with van der Waals surface area (Å²) in [6.45, 7) is 6.15. The third-order valence-corrected chi connectivity index (χ3v) is 4.81. The van der Waals surface area contributed by atoms with Crippen LogP contribution in [-0.2, 0) is 17.9 Å². The van der Waals surface area contributed by atoms with Gasteiger partial charge in [0.2, 0.25) is 11.3 Å². The van der Waals surface area contributed by atoms with Gasteiger partial charge >= 0.3 is 0 Å². The largest absolute Gasteiger partial charge is 0.491 e. The predicted octanol–water partition coefficient (Wildman–Crippen LogP) is 1.51. The number of methoxy groups -OCH3 is 1. The highest BCUT2D eigenvalue weighted by Gasteiger charge is 2.21. The van der Waals surface area contributed by atoms with E-state index in [0.717, 1.165) is 38.4 Å². The number of carbonyl (C=O) groups excluding carboxylic acids is 1. The summed E-state index contributed by atoms with van der Waals surface area (Å²) in [5.41, 5.74) is 1.89. The predicted molar refractivity (Wildman–Crippen MR) is 100 cm³/mol. The standard InChI is InChI=1S/C20H25N3O3/c1-16-12-18(24)19(26-2)14-23(16)15-20(25)22-10-8-21(9-11-22)13-17-6-4-3-5-7-17/h3-7,12,14H,8-11,13,15H2,1-2H3. The Kier molecular flexibility index (Phi) is 5.73. The van der Waals surface area contributed by atoms with E-state index in [1.807, 2.05) is 17.9 Å². The second-order valence-electron chi connectivity index (χ2n) is 6.62. The highest BCUT2D eigenvalue weighted by atomic mass is 16.5. The molecule has 1 amide bonds. The molecule has 0 N–H and O–H groups in total. The zero-order valence-corrected chi connectivity index (χ0v) is 15.4. The minimum atomic E-state index is -0.164. The molecular weight excluding hydrogens is 330 g/mol. The number of nitrogens with zero attached hydrogens (tertiary/aromatic N) is 3. The zero-order chi connectivity index (χ0) is 18.5.